The molecule has 3 atom stereocenters. The minimum absolute atomic E-state index is 0.101. The summed E-state index contributed by atoms with van der Waals surface area (Å²) in [5.74, 6) is -1.90. The van der Waals surface area contributed by atoms with Crippen LogP contribution in [0.3, 0.4) is 0 Å². The maximum absolute atomic E-state index is 13.2. The van der Waals surface area contributed by atoms with Gasteiger partial charge in [0.2, 0.25) is 17.7 Å². The van der Waals surface area contributed by atoms with Gasteiger partial charge in [-0.2, -0.15) is 0 Å². The second-order valence-corrected chi connectivity index (χ2v) is 9.81. The summed E-state index contributed by atoms with van der Waals surface area (Å²) >= 11 is 0. The van der Waals surface area contributed by atoms with Gasteiger partial charge < -0.3 is 26.4 Å². The van der Waals surface area contributed by atoms with Crippen LogP contribution in [-0.2, 0) is 25.5 Å². The number of primary amides is 1. The van der Waals surface area contributed by atoms with Gasteiger partial charge in [0.25, 0.3) is 0 Å². The summed E-state index contributed by atoms with van der Waals surface area (Å²) in [5.41, 5.74) is 10.5. The monoisotopic (exact) mass is 542 g/mol. The molecular weight excluding hydrogens is 508 g/mol. The number of nitrogens with one attached hydrogen (secondary N) is 3. The van der Waals surface area contributed by atoms with Crippen LogP contribution in [0.5, 0.6) is 0 Å². The first-order chi connectivity index (χ1) is 19.3. The van der Waals surface area contributed by atoms with Crippen LogP contribution < -0.4 is 21.7 Å². The highest BCUT2D eigenvalue weighted by Crippen LogP contribution is 2.44. The molecule has 0 spiro atoms. The summed E-state index contributed by atoms with van der Waals surface area (Å²) in [6.07, 6.45) is -0.235. The average Bonchev–Trinajstić information content (AvgIpc) is 3.28. The minimum atomic E-state index is -1.01. The Labute approximate surface area is 233 Å². The van der Waals surface area contributed by atoms with Gasteiger partial charge in [-0.1, -0.05) is 85.8 Å². The van der Waals surface area contributed by atoms with Gasteiger partial charge in [-0.05, 0) is 41.2 Å². The zero-order valence-electron chi connectivity index (χ0n) is 22.6. The summed E-state index contributed by atoms with van der Waals surface area (Å²) in [5, 5.41) is 7.82. The van der Waals surface area contributed by atoms with Gasteiger partial charge in [0, 0.05) is 12.3 Å². The van der Waals surface area contributed by atoms with Crippen LogP contribution >= 0.6 is 0 Å². The van der Waals surface area contributed by atoms with Crippen LogP contribution in [0.1, 0.15) is 42.9 Å². The van der Waals surface area contributed by atoms with Gasteiger partial charge >= 0.3 is 6.09 Å². The molecule has 1 aliphatic rings. The lowest BCUT2D eigenvalue weighted by atomic mass is 9.98. The van der Waals surface area contributed by atoms with Gasteiger partial charge in [0.15, 0.2) is 0 Å². The van der Waals surface area contributed by atoms with Crippen molar-refractivity contribution in [1.82, 2.24) is 16.0 Å². The van der Waals surface area contributed by atoms with E-state index in [1.807, 2.05) is 66.7 Å². The smallest absolute Gasteiger partial charge is 0.407 e. The number of rotatable bonds is 11. The Hall–Kier alpha value is -4.66. The van der Waals surface area contributed by atoms with E-state index in [0.29, 0.717) is 6.42 Å². The molecule has 0 aliphatic heterocycles. The molecule has 3 aromatic carbocycles. The van der Waals surface area contributed by atoms with E-state index in [9.17, 15) is 19.2 Å². The minimum Gasteiger partial charge on any atom is -0.449 e. The van der Waals surface area contributed by atoms with Gasteiger partial charge in [0.1, 0.15) is 24.7 Å². The second-order valence-electron chi connectivity index (χ2n) is 9.81. The number of carbonyl (C=O) groups excluding carboxylic acids is 4. The van der Waals surface area contributed by atoms with Crippen LogP contribution in [0, 0.1) is 0 Å². The number of hydrogen-bond acceptors (Lipinski definition) is 5. The van der Waals surface area contributed by atoms with E-state index in [0.717, 1.165) is 27.8 Å². The van der Waals surface area contributed by atoms with Gasteiger partial charge in [0.05, 0.1) is 0 Å². The first-order valence-corrected chi connectivity index (χ1v) is 13.3. The Morgan fingerprint density at radius 2 is 1.35 bits per heavy atom. The highest BCUT2D eigenvalue weighted by atomic mass is 16.5. The van der Waals surface area contributed by atoms with Crippen molar-refractivity contribution in [3.05, 3.63) is 95.6 Å². The molecule has 0 saturated heterocycles. The Bertz CT molecular complexity index is 1330. The molecule has 5 N–H and O–H groups in total. The number of hydrogen-bond donors (Lipinski definition) is 4. The first kappa shape index (κ1) is 28.4. The van der Waals surface area contributed by atoms with Crippen LogP contribution in [0.15, 0.2) is 78.9 Å². The summed E-state index contributed by atoms with van der Waals surface area (Å²) in [6.45, 7) is 3.31. The summed E-state index contributed by atoms with van der Waals surface area (Å²) in [4.78, 5) is 50.2. The third-order valence-electron chi connectivity index (χ3n) is 7.06. The predicted molar refractivity (Wildman–Crippen MR) is 151 cm³/mol. The van der Waals surface area contributed by atoms with E-state index < -0.39 is 41.9 Å². The molecule has 0 bridgehead atoms. The number of alkyl carbamates (subject to hydrolysis) is 1. The third kappa shape index (κ3) is 6.66. The van der Waals surface area contributed by atoms with Crippen LogP contribution in [0.25, 0.3) is 11.1 Å². The number of nitrogens with two attached hydrogens (primary N) is 1. The first-order valence-electron chi connectivity index (χ1n) is 13.3. The van der Waals surface area contributed by atoms with Crippen molar-refractivity contribution >= 4 is 23.8 Å². The maximum atomic E-state index is 13.2. The van der Waals surface area contributed by atoms with E-state index in [4.69, 9.17) is 10.5 Å². The molecule has 0 aromatic heterocycles. The number of ether oxygens (including phenoxy) is 1. The van der Waals surface area contributed by atoms with E-state index >= 15 is 0 Å². The molecule has 0 heterocycles. The molecule has 3 aromatic rings. The number of benzene rings is 3. The zero-order valence-corrected chi connectivity index (χ0v) is 22.6. The molecule has 4 amide bonds. The average molecular weight is 543 g/mol. The van der Waals surface area contributed by atoms with Gasteiger partial charge in [-0.3, -0.25) is 14.4 Å². The fourth-order valence-electron chi connectivity index (χ4n) is 4.89. The topological polar surface area (TPSA) is 140 Å². The lowest BCUT2D eigenvalue weighted by Gasteiger charge is -2.23. The molecule has 0 saturated carbocycles. The SMILES string of the molecule is CCC(NC(=O)[C@H](C)NC(=O)[C@H](Cc1ccccc1)NC(=O)OCC1c2ccccc2-c2ccccc21)C(N)=O. The quantitative estimate of drug-likeness (QED) is 0.295. The van der Waals surface area contributed by atoms with Crippen molar-refractivity contribution < 1.29 is 23.9 Å². The normalized spacial score (nSPS) is 14.2. The molecular formula is C31H34N4O5. The lowest BCUT2D eigenvalue weighted by Crippen LogP contribution is -2.55. The van der Waals surface area contributed by atoms with E-state index in [1.165, 1.54) is 6.92 Å². The van der Waals surface area contributed by atoms with E-state index in [1.54, 1.807) is 6.92 Å². The van der Waals surface area contributed by atoms with Crippen molar-refractivity contribution in [3.8, 4) is 11.1 Å². The highest BCUT2D eigenvalue weighted by Gasteiger charge is 2.30. The van der Waals surface area contributed by atoms with Crippen molar-refractivity contribution in [2.75, 3.05) is 6.61 Å². The summed E-state index contributed by atoms with van der Waals surface area (Å²) in [7, 11) is 0. The molecule has 9 nitrogen and oxygen atoms in total. The van der Waals surface area contributed by atoms with Gasteiger partial charge in [-0.15, -0.1) is 0 Å². The van der Waals surface area contributed by atoms with Crippen LogP contribution in [-0.4, -0.2) is 48.5 Å². The highest BCUT2D eigenvalue weighted by molar-refractivity contribution is 5.93. The fraction of sp³-hybridized carbons (Fsp3) is 0.290. The number of carbonyl (C=O) groups is 4. The van der Waals surface area contributed by atoms with E-state index in [2.05, 4.69) is 28.1 Å². The molecule has 1 aliphatic carbocycles. The maximum Gasteiger partial charge on any atom is 0.407 e. The molecule has 9 heteroatoms. The largest absolute Gasteiger partial charge is 0.449 e. The molecule has 40 heavy (non-hydrogen) atoms. The van der Waals surface area contributed by atoms with Crippen LogP contribution in [0.2, 0.25) is 0 Å². The van der Waals surface area contributed by atoms with Gasteiger partial charge in [-0.25, -0.2) is 4.79 Å². The molecule has 0 fully saturated rings. The Morgan fingerprint density at radius 1 is 0.775 bits per heavy atom. The standard InChI is InChI=1S/C31H34N4O5/c1-3-26(28(32)36)34-29(37)19(2)33-30(38)27(17-20-11-5-4-6-12-20)35-31(39)40-18-25-23-15-9-7-13-21(23)22-14-8-10-16-24(22)25/h4-16,19,25-27H,3,17-18H2,1-2H3,(H2,32,36)(H,33,38)(H,34,37)(H,35,39)/t19-,26?,27-/m0/s1. The Kier molecular flexibility index (Phi) is 9.16. The predicted octanol–water partition coefficient (Wildman–Crippen LogP) is 3.02. The van der Waals surface area contributed by atoms with Crippen molar-refractivity contribution in [1.29, 1.82) is 0 Å². The lowest BCUT2D eigenvalue weighted by molar-refractivity contribution is -0.131. The fourth-order valence-corrected chi connectivity index (χ4v) is 4.89. The van der Waals surface area contributed by atoms with E-state index in [-0.39, 0.29) is 18.9 Å². The van der Waals surface area contributed by atoms with Crippen molar-refractivity contribution in [2.24, 2.45) is 5.73 Å². The zero-order chi connectivity index (χ0) is 28.6. The van der Waals surface area contributed by atoms with Crippen molar-refractivity contribution in [3.63, 3.8) is 0 Å². The Balaban J connectivity index is 1.43. The molecule has 0 radical (unpaired) electrons. The summed E-state index contributed by atoms with van der Waals surface area (Å²) < 4.78 is 5.64. The molecule has 4 rings (SSSR count). The molecule has 208 valence electrons. The number of fused-ring (bicyclic) bond motifs is 3. The molecule has 1 unspecified atom stereocenters. The number of amides is 4. The van der Waals surface area contributed by atoms with Crippen LogP contribution in [0.4, 0.5) is 4.79 Å². The van der Waals surface area contributed by atoms with Crippen molar-refractivity contribution in [2.45, 2.75) is 50.7 Å². The second kappa shape index (κ2) is 12.9. The Morgan fingerprint density at radius 3 is 1.93 bits per heavy atom. The summed E-state index contributed by atoms with van der Waals surface area (Å²) in [6, 6.07) is 22.4. The third-order valence-corrected chi connectivity index (χ3v) is 7.06.